The van der Waals surface area contributed by atoms with Gasteiger partial charge in [-0.2, -0.15) is 0 Å². The van der Waals surface area contributed by atoms with E-state index < -0.39 is 17.4 Å². The maximum absolute atomic E-state index is 13.0. The summed E-state index contributed by atoms with van der Waals surface area (Å²) in [7, 11) is 0. The van der Waals surface area contributed by atoms with Crippen LogP contribution in [0.2, 0.25) is 0 Å². The van der Waals surface area contributed by atoms with Crippen molar-refractivity contribution in [2.24, 2.45) is 0 Å². The van der Waals surface area contributed by atoms with Crippen LogP contribution in [-0.4, -0.2) is 40.4 Å². The van der Waals surface area contributed by atoms with Crippen LogP contribution in [0.4, 0.5) is 5.69 Å². The van der Waals surface area contributed by atoms with Crippen molar-refractivity contribution in [1.29, 1.82) is 0 Å². The van der Waals surface area contributed by atoms with E-state index in [0.29, 0.717) is 18.7 Å². The van der Waals surface area contributed by atoms with Crippen molar-refractivity contribution in [2.45, 2.75) is 44.7 Å². The summed E-state index contributed by atoms with van der Waals surface area (Å²) in [6.07, 6.45) is 1.43. The normalized spacial score (nSPS) is 21.6. The highest BCUT2D eigenvalue weighted by molar-refractivity contribution is 6.25. The molecule has 162 valence electrons. The highest BCUT2D eigenvalue weighted by Crippen LogP contribution is 2.35. The van der Waals surface area contributed by atoms with Crippen LogP contribution in [0.5, 0.6) is 0 Å². The van der Waals surface area contributed by atoms with E-state index in [2.05, 4.69) is 27.7 Å². The molecule has 1 unspecified atom stereocenters. The Hall–Kier alpha value is -3.12. The molecule has 31 heavy (non-hydrogen) atoms. The van der Waals surface area contributed by atoms with Gasteiger partial charge in [0, 0.05) is 18.8 Å². The predicted octanol–water partition coefficient (Wildman–Crippen LogP) is 3.73. The van der Waals surface area contributed by atoms with Gasteiger partial charge in [-0.25, -0.2) is 0 Å². The molecular weight excluding hydrogens is 390 g/mol. The lowest BCUT2D eigenvalue weighted by Crippen LogP contribution is -2.56. The summed E-state index contributed by atoms with van der Waals surface area (Å²) >= 11 is 0. The smallest absolute Gasteiger partial charge is 0.264 e. The third-order valence-corrected chi connectivity index (χ3v) is 6.15. The molecule has 6 nitrogen and oxygen atoms in total. The van der Waals surface area contributed by atoms with Crippen molar-refractivity contribution < 1.29 is 14.7 Å². The molecule has 2 aromatic carbocycles. The molecule has 0 bridgehead atoms. The standard InChI is InChI=1S/C25H29N3O3/c1-17(2)19-11-6-7-12-20(19)26-23(30)21-22(29)25(27-24(21)31)13-8-14-28(16-25)15-18-9-4-3-5-10-18/h3-7,9-12,17,29H,8,13-16H2,1-2H3,(H,26,30)(H,27,31). The number of hydrogen-bond acceptors (Lipinski definition) is 4. The number of aliphatic hydroxyl groups is 1. The Morgan fingerprint density at radius 1 is 1.16 bits per heavy atom. The molecule has 2 heterocycles. The average molecular weight is 420 g/mol. The number of amides is 2. The molecule has 2 aliphatic rings. The Labute approximate surface area is 183 Å². The first kappa shape index (κ1) is 21.1. The predicted molar refractivity (Wildman–Crippen MR) is 121 cm³/mol. The Bertz CT molecular complexity index is 1020. The van der Waals surface area contributed by atoms with E-state index in [9.17, 15) is 14.7 Å². The van der Waals surface area contributed by atoms with Gasteiger partial charge in [-0.3, -0.25) is 14.5 Å². The topological polar surface area (TPSA) is 81.7 Å². The molecule has 1 saturated heterocycles. The average Bonchev–Trinajstić information content (AvgIpc) is 2.98. The van der Waals surface area contributed by atoms with Crippen molar-refractivity contribution in [1.82, 2.24) is 10.2 Å². The second-order valence-corrected chi connectivity index (χ2v) is 8.76. The maximum Gasteiger partial charge on any atom is 0.264 e. The number of para-hydroxylation sites is 1. The number of rotatable bonds is 5. The first-order valence-corrected chi connectivity index (χ1v) is 10.8. The molecule has 6 heteroatoms. The van der Waals surface area contributed by atoms with E-state index in [-0.39, 0.29) is 17.3 Å². The summed E-state index contributed by atoms with van der Waals surface area (Å²) in [4.78, 5) is 28.0. The Balaban J connectivity index is 1.55. The number of hydrogen-bond donors (Lipinski definition) is 3. The molecule has 2 aliphatic heterocycles. The zero-order chi connectivity index (χ0) is 22.0. The monoisotopic (exact) mass is 419 g/mol. The molecule has 0 radical (unpaired) electrons. The van der Waals surface area contributed by atoms with Crippen LogP contribution in [-0.2, 0) is 16.1 Å². The van der Waals surface area contributed by atoms with Crippen molar-refractivity contribution in [2.75, 3.05) is 18.4 Å². The molecule has 2 aromatic rings. The van der Waals surface area contributed by atoms with Crippen LogP contribution < -0.4 is 10.6 Å². The molecule has 2 amide bonds. The lowest BCUT2D eigenvalue weighted by Gasteiger charge is -2.40. The zero-order valence-electron chi connectivity index (χ0n) is 18.0. The van der Waals surface area contributed by atoms with E-state index in [1.165, 1.54) is 5.56 Å². The van der Waals surface area contributed by atoms with E-state index in [0.717, 1.165) is 25.1 Å². The molecule has 1 atom stereocenters. The Morgan fingerprint density at radius 3 is 2.61 bits per heavy atom. The quantitative estimate of drug-likeness (QED) is 0.645. The fourth-order valence-electron chi connectivity index (χ4n) is 4.61. The van der Waals surface area contributed by atoms with Crippen LogP contribution in [0.25, 0.3) is 0 Å². The number of nitrogens with one attached hydrogen (secondary N) is 2. The van der Waals surface area contributed by atoms with Gasteiger partial charge in [0.1, 0.15) is 16.9 Å². The van der Waals surface area contributed by atoms with Crippen LogP contribution in [0.3, 0.4) is 0 Å². The highest BCUT2D eigenvalue weighted by Gasteiger charge is 2.49. The first-order valence-electron chi connectivity index (χ1n) is 10.8. The molecule has 0 saturated carbocycles. The first-order chi connectivity index (χ1) is 14.9. The van der Waals surface area contributed by atoms with Crippen LogP contribution >= 0.6 is 0 Å². The van der Waals surface area contributed by atoms with Crippen molar-refractivity contribution in [3.8, 4) is 0 Å². The largest absolute Gasteiger partial charge is 0.509 e. The van der Waals surface area contributed by atoms with E-state index in [1.54, 1.807) is 0 Å². The molecule has 0 aliphatic carbocycles. The molecule has 1 fully saturated rings. The summed E-state index contributed by atoms with van der Waals surface area (Å²) in [5.74, 6) is -1.01. The number of nitrogens with zero attached hydrogens (tertiary/aromatic N) is 1. The minimum Gasteiger partial charge on any atom is -0.509 e. The third-order valence-electron chi connectivity index (χ3n) is 6.15. The van der Waals surface area contributed by atoms with Gasteiger partial charge in [-0.05, 0) is 42.5 Å². The van der Waals surface area contributed by atoms with Crippen molar-refractivity contribution in [3.63, 3.8) is 0 Å². The Kier molecular flexibility index (Phi) is 5.83. The number of piperidine rings is 1. The van der Waals surface area contributed by atoms with Gasteiger partial charge in [0.15, 0.2) is 0 Å². The lowest BCUT2D eigenvalue weighted by molar-refractivity contribution is -0.121. The summed E-state index contributed by atoms with van der Waals surface area (Å²) in [6, 6.07) is 17.6. The van der Waals surface area contributed by atoms with Crippen LogP contribution in [0.1, 0.15) is 43.7 Å². The van der Waals surface area contributed by atoms with Gasteiger partial charge in [0.25, 0.3) is 11.8 Å². The molecule has 0 aromatic heterocycles. The molecule has 3 N–H and O–H groups in total. The minimum atomic E-state index is -0.908. The van der Waals surface area contributed by atoms with E-state index in [1.807, 2.05) is 56.3 Å². The maximum atomic E-state index is 13.0. The molecule has 1 spiro atoms. The van der Waals surface area contributed by atoms with Gasteiger partial charge < -0.3 is 15.7 Å². The molecule has 4 rings (SSSR count). The van der Waals surface area contributed by atoms with E-state index in [4.69, 9.17) is 0 Å². The van der Waals surface area contributed by atoms with Gasteiger partial charge in [-0.1, -0.05) is 62.4 Å². The molecular formula is C25H29N3O3. The van der Waals surface area contributed by atoms with Crippen molar-refractivity contribution >= 4 is 17.5 Å². The highest BCUT2D eigenvalue weighted by atomic mass is 16.3. The third kappa shape index (κ3) is 4.21. The number of carbonyl (C=O) groups excluding carboxylic acids is 2. The fraction of sp³-hybridized carbons (Fsp3) is 0.360. The summed E-state index contributed by atoms with van der Waals surface area (Å²) in [6.45, 7) is 6.17. The second-order valence-electron chi connectivity index (χ2n) is 8.76. The minimum absolute atomic E-state index is 0.144. The van der Waals surface area contributed by atoms with Gasteiger partial charge in [-0.15, -0.1) is 0 Å². The van der Waals surface area contributed by atoms with Gasteiger partial charge in [0.2, 0.25) is 0 Å². The SMILES string of the molecule is CC(C)c1ccccc1NC(=O)C1=C(O)C2(CCCN(Cc3ccccc3)C2)NC1=O. The Morgan fingerprint density at radius 2 is 1.87 bits per heavy atom. The van der Waals surface area contributed by atoms with Gasteiger partial charge >= 0.3 is 0 Å². The van der Waals surface area contributed by atoms with Crippen molar-refractivity contribution in [3.05, 3.63) is 77.1 Å². The van der Waals surface area contributed by atoms with E-state index >= 15 is 0 Å². The van der Waals surface area contributed by atoms with Crippen LogP contribution in [0, 0.1) is 0 Å². The number of likely N-dealkylation sites (tertiary alicyclic amines) is 1. The lowest BCUT2D eigenvalue weighted by atomic mass is 9.87. The summed E-state index contributed by atoms with van der Waals surface area (Å²) < 4.78 is 0. The number of aliphatic hydroxyl groups excluding tert-OH is 1. The number of carbonyl (C=O) groups is 2. The number of anilines is 1. The second kappa shape index (κ2) is 8.55. The number of benzene rings is 2. The summed E-state index contributed by atoms with van der Waals surface area (Å²) in [5, 5.41) is 16.8. The van der Waals surface area contributed by atoms with Crippen LogP contribution in [0.15, 0.2) is 65.9 Å². The zero-order valence-corrected chi connectivity index (χ0v) is 18.0. The fourth-order valence-corrected chi connectivity index (χ4v) is 4.61. The van der Waals surface area contributed by atoms with Gasteiger partial charge in [0.05, 0.1) is 0 Å². The summed E-state index contributed by atoms with van der Waals surface area (Å²) in [5.41, 5.74) is 1.73.